The number of hydrogen-bond donors (Lipinski definition) is 1. The van der Waals surface area contributed by atoms with Gasteiger partial charge in [0, 0.05) is 20.6 Å². The second kappa shape index (κ2) is 6.79. The Labute approximate surface area is 108 Å². The highest BCUT2D eigenvalue weighted by molar-refractivity contribution is 5.95. The summed E-state index contributed by atoms with van der Waals surface area (Å²) in [6.45, 7) is 1.44. The maximum absolute atomic E-state index is 13.8. The van der Waals surface area contributed by atoms with Crippen LogP contribution in [0.5, 0.6) is 5.75 Å². The third-order valence-corrected chi connectivity index (χ3v) is 2.13. The predicted molar refractivity (Wildman–Crippen MR) is 61.9 cm³/mol. The summed E-state index contributed by atoms with van der Waals surface area (Å²) >= 11 is 0. The first kappa shape index (κ1) is 15.0. The van der Waals surface area contributed by atoms with Gasteiger partial charge in [-0.1, -0.05) is 0 Å². The van der Waals surface area contributed by atoms with Gasteiger partial charge in [0.2, 0.25) is 5.75 Å². The van der Waals surface area contributed by atoms with Crippen molar-refractivity contribution in [1.82, 2.24) is 5.32 Å². The van der Waals surface area contributed by atoms with Crippen LogP contribution >= 0.6 is 0 Å². The molecule has 0 heterocycles. The van der Waals surface area contributed by atoms with E-state index in [2.05, 4.69) is 10.1 Å². The molecule has 0 aromatic heterocycles. The van der Waals surface area contributed by atoms with Crippen LogP contribution in [0.15, 0.2) is 12.1 Å². The first-order chi connectivity index (χ1) is 8.97. The number of rotatable bonds is 5. The van der Waals surface area contributed by atoms with E-state index in [0.717, 1.165) is 19.1 Å². The molecule has 0 saturated carbocycles. The minimum atomic E-state index is -1.22. The molecule has 0 aliphatic rings. The summed E-state index contributed by atoms with van der Waals surface area (Å²) in [6, 6.07) is 1.83. The van der Waals surface area contributed by atoms with E-state index in [1.54, 1.807) is 0 Å². The second-order valence-corrected chi connectivity index (χ2v) is 3.58. The van der Waals surface area contributed by atoms with Crippen LogP contribution in [0.25, 0.3) is 0 Å². The van der Waals surface area contributed by atoms with Gasteiger partial charge in [-0.3, -0.25) is 9.59 Å². The van der Waals surface area contributed by atoms with Crippen molar-refractivity contribution in [2.75, 3.05) is 20.3 Å². The summed E-state index contributed by atoms with van der Waals surface area (Å²) in [5.41, 5.74) is -0.409. The SMILES string of the molecule is COCCNC(=O)c1ccc(F)c(OC(C)=O)c1F. The number of ether oxygens (including phenoxy) is 2. The standard InChI is InChI=1S/C12H13F2NO4/c1-7(16)19-11-9(13)4-3-8(10(11)14)12(17)15-5-6-18-2/h3-4H,5-6H2,1-2H3,(H,15,17). The molecule has 19 heavy (non-hydrogen) atoms. The third kappa shape index (κ3) is 3.99. The molecule has 0 aliphatic heterocycles. The van der Waals surface area contributed by atoms with Crippen LogP contribution in [0, 0.1) is 11.6 Å². The van der Waals surface area contributed by atoms with Crippen LogP contribution in [0.4, 0.5) is 8.78 Å². The summed E-state index contributed by atoms with van der Waals surface area (Å²) in [4.78, 5) is 22.4. The van der Waals surface area contributed by atoms with Crippen LogP contribution in [-0.4, -0.2) is 32.1 Å². The Morgan fingerprint density at radius 1 is 1.32 bits per heavy atom. The highest BCUT2D eigenvalue weighted by atomic mass is 19.1. The molecule has 5 nitrogen and oxygen atoms in total. The summed E-state index contributed by atoms with van der Waals surface area (Å²) < 4.78 is 36.3. The first-order valence-corrected chi connectivity index (χ1v) is 5.41. The Bertz CT molecular complexity index is 491. The number of benzene rings is 1. The van der Waals surface area contributed by atoms with E-state index in [1.807, 2.05) is 0 Å². The van der Waals surface area contributed by atoms with Gasteiger partial charge >= 0.3 is 5.97 Å². The quantitative estimate of drug-likeness (QED) is 0.498. The van der Waals surface area contributed by atoms with Crippen LogP contribution in [0.3, 0.4) is 0 Å². The molecule has 0 atom stereocenters. The summed E-state index contributed by atoms with van der Waals surface area (Å²) in [7, 11) is 1.45. The van der Waals surface area contributed by atoms with Crippen molar-refractivity contribution in [3.8, 4) is 5.75 Å². The van der Waals surface area contributed by atoms with Crippen molar-refractivity contribution in [1.29, 1.82) is 0 Å². The van der Waals surface area contributed by atoms with E-state index in [1.165, 1.54) is 7.11 Å². The molecule has 7 heteroatoms. The highest BCUT2D eigenvalue weighted by Crippen LogP contribution is 2.24. The average Bonchev–Trinajstić information content (AvgIpc) is 2.34. The molecule has 0 unspecified atom stereocenters. The van der Waals surface area contributed by atoms with Crippen LogP contribution in [0.1, 0.15) is 17.3 Å². The maximum Gasteiger partial charge on any atom is 0.308 e. The van der Waals surface area contributed by atoms with Crippen LogP contribution in [0.2, 0.25) is 0 Å². The molecule has 1 amide bonds. The van der Waals surface area contributed by atoms with Crippen molar-refractivity contribution in [3.05, 3.63) is 29.3 Å². The molecule has 0 bridgehead atoms. The van der Waals surface area contributed by atoms with Gasteiger partial charge in [-0.25, -0.2) is 8.78 Å². The molecule has 104 valence electrons. The lowest BCUT2D eigenvalue weighted by Crippen LogP contribution is -2.28. The topological polar surface area (TPSA) is 64.6 Å². The van der Waals surface area contributed by atoms with Gasteiger partial charge in [-0.05, 0) is 12.1 Å². The van der Waals surface area contributed by atoms with Gasteiger partial charge in [0.05, 0.1) is 12.2 Å². The van der Waals surface area contributed by atoms with Crippen molar-refractivity contribution in [2.24, 2.45) is 0 Å². The number of carbonyl (C=O) groups is 2. The first-order valence-electron chi connectivity index (χ1n) is 5.41. The lowest BCUT2D eigenvalue weighted by atomic mass is 10.1. The maximum atomic E-state index is 13.8. The smallest absolute Gasteiger partial charge is 0.308 e. The monoisotopic (exact) mass is 273 g/mol. The fraction of sp³-hybridized carbons (Fsp3) is 0.333. The molecule has 0 spiro atoms. The van der Waals surface area contributed by atoms with E-state index in [0.29, 0.717) is 0 Å². The Morgan fingerprint density at radius 2 is 2.00 bits per heavy atom. The highest BCUT2D eigenvalue weighted by Gasteiger charge is 2.20. The molecular weight excluding hydrogens is 260 g/mol. The molecule has 0 aliphatic carbocycles. The molecule has 1 rings (SSSR count). The van der Waals surface area contributed by atoms with E-state index in [-0.39, 0.29) is 13.2 Å². The second-order valence-electron chi connectivity index (χ2n) is 3.58. The number of halogens is 2. The Kier molecular flexibility index (Phi) is 5.37. The zero-order valence-electron chi connectivity index (χ0n) is 10.5. The number of esters is 1. The van der Waals surface area contributed by atoms with Gasteiger partial charge in [0.1, 0.15) is 0 Å². The lowest BCUT2D eigenvalue weighted by molar-refractivity contribution is -0.132. The molecule has 0 saturated heterocycles. The molecule has 1 aromatic rings. The number of nitrogens with one attached hydrogen (secondary N) is 1. The van der Waals surface area contributed by atoms with Crippen molar-refractivity contribution in [2.45, 2.75) is 6.92 Å². The minimum absolute atomic E-state index is 0.176. The number of carbonyl (C=O) groups excluding carboxylic acids is 2. The van der Waals surface area contributed by atoms with Gasteiger partial charge in [-0.15, -0.1) is 0 Å². The molecule has 1 N–H and O–H groups in total. The molecular formula is C12H13F2NO4. The van der Waals surface area contributed by atoms with E-state index < -0.39 is 34.8 Å². The normalized spacial score (nSPS) is 10.1. The summed E-state index contributed by atoms with van der Waals surface area (Å²) in [5.74, 6) is -4.78. The van der Waals surface area contributed by atoms with Gasteiger partial charge < -0.3 is 14.8 Å². The van der Waals surface area contributed by atoms with Gasteiger partial charge in [0.25, 0.3) is 5.91 Å². The fourth-order valence-electron chi connectivity index (χ4n) is 1.31. The summed E-state index contributed by atoms with van der Waals surface area (Å²) in [5, 5.41) is 2.37. The zero-order valence-corrected chi connectivity index (χ0v) is 10.5. The summed E-state index contributed by atoms with van der Waals surface area (Å²) in [6.07, 6.45) is 0. The Morgan fingerprint density at radius 3 is 2.58 bits per heavy atom. The fourth-order valence-corrected chi connectivity index (χ4v) is 1.31. The van der Waals surface area contributed by atoms with E-state index >= 15 is 0 Å². The zero-order chi connectivity index (χ0) is 14.4. The Balaban J connectivity index is 2.96. The molecule has 0 fully saturated rings. The lowest BCUT2D eigenvalue weighted by Gasteiger charge is -2.09. The predicted octanol–water partition coefficient (Wildman–Crippen LogP) is 1.27. The van der Waals surface area contributed by atoms with Crippen molar-refractivity contribution < 1.29 is 27.8 Å². The van der Waals surface area contributed by atoms with Gasteiger partial charge in [0.15, 0.2) is 11.6 Å². The average molecular weight is 273 g/mol. The molecule has 1 aromatic carbocycles. The third-order valence-electron chi connectivity index (χ3n) is 2.13. The van der Waals surface area contributed by atoms with E-state index in [4.69, 9.17) is 4.74 Å². The number of hydrogen-bond acceptors (Lipinski definition) is 4. The van der Waals surface area contributed by atoms with Crippen molar-refractivity contribution in [3.63, 3.8) is 0 Å². The van der Waals surface area contributed by atoms with Crippen LogP contribution in [-0.2, 0) is 9.53 Å². The Hall–Kier alpha value is -2.02. The van der Waals surface area contributed by atoms with Crippen molar-refractivity contribution >= 4 is 11.9 Å². The largest absolute Gasteiger partial charge is 0.420 e. The molecule has 0 radical (unpaired) electrons. The number of methoxy groups -OCH3 is 1. The van der Waals surface area contributed by atoms with E-state index in [9.17, 15) is 18.4 Å². The number of amides is 1. The minimum Gasteiger partial charge on any atom is -0.420 e. The van der Waals surface area contributed by atoms with Crippen LogP contribution < -0.4 is 10.1 Å². The van der Waals surface area contributed by atoms with Gasteiger partial charge in [-0.2, -0.15) is 0 Å².